The molecule has 1 aliphatic heterocycles. The standard InChI is InChI=1S/C27H29N5O7S/c1-36-17-9-7-14(11-19(17)37-2)23(26(34)30-15-5-3-4-6-15)32(16-8-10-18-20(12-16)39-13-38-18)27(35)24-21(28)22(25(29)33)31-40-24/h7-12,15,23H,3-6,13,28H2,1-2H3,(H2,29,33)(H,30,34)/t23-/m0/s1. The van der Waals surface area contributed by atoms with E-state index in [2.05, 4.69) is 9.69 Å². The summed E-state index contributed by atoms with van der Waals surface area (Å²) in [6, 6.07) is 8.72. The monoisotopic (exact) mass is 567 g/mol. The molecule has 1 atom stereocenters. The molecule has 0 saturated heterocycles. The number of nitrogens with zero attached hydrogens (tertiary/aromatic N) is 2. The molecule has 1 fully saturated rings. The van der Waals surface area contributed by atoms with E-state index in [0.29, 0.717) is 34.2 Å². The third-order valence-corrected chi connectivity index (χ3v) is 7.79. The number of carbonyl (C=O) groups is 3. The number of anilines is 2. The Morgan fingerprint density at radius 3 is 2.45 bits per heavy atom. The Bertz CT molecular complexity index is 1450. The van der Waals surface area contributed by atoms with Crippen molar-refractivity contribution in [1.29, 1.82) is 0 Å². The summed E-state index contributed by atoms with van der Waals surface area (Å²) in [5.41, 5.74) is 12.0. The zero-order valence-electron chi connectivity index (χ0n) is 22.0. The predicted octanol–water partition coefficient (Wildman–Crippen LogP) is 3.02. The number of benzene rings is 2. The number of fused-ring (bicyclic) bond motifs is 1. The molecule has 13 heteroatoms. The zero-order valence-corrected chi connectivity index (χ0v) is 22.8. The Balaban J connectivity index is 1.68. The van der Waals surface area contributed by atoms with Crippen LogP contribution in [-0.4, -0.2) is 49.1 Å². The number of nitrogen functional groups attached to an aromatic ring is 1. The number of aromatic nitrogens is 1. The first kappa shape index (κ1) is 27.1. The molecule has 1 saturated carbocycles. The number of primary amides is 1. The van der Waals surface area contributed by atoms with Gasteiger partial charge in [-0.15, -0.1) is 0 Å². The largest absolute Gasteiger partial charge is 0.493 e. The molecule has 3 amide bonds. The fraction of sp³-hybridized carbons (Fsp3) is 0.333. The second-order valence-corrected chi connectivity index (χ2v) is 10.1. The highest BCUT2D eigenvalue weighted by Gasteiger charge is 2.38. The van der Waals surface area contributed by atoms with Crippen LogP contribution in [0.15, 0.2) is 36.4 Å². The number of nitrogens with one attached hydrogen (secondary N) is 1. The summed E-state index contributed by atoms with van der Waals surface area (Å²) in [7, 11) is 2.99. The maximum Gasteiger partial charge on any atom is 0.273 e. The van der Waals surface area contributed by atoms with Crippen LogP contribution in [-0.2, 0) is 4.79 Å². The number of hydrogen-bond donors (Lipinski definition) is 3. The molecule has 210 valence electrons. The first-order valence-corrected chi connectivity index (χ1v) is 13.4. The van der Waals surface area contributed by atoms with Crippen molar-refractivity contribution in [3.63, 3.8) is 0 Å². The molecule has 2 heterocycles. The van der Waals surface area contributed by atoms with Crippen molar-refractivity contribution < 1.29 is 33.3 Å². The maximum absolute atomic E-state index is 14.3. The molecule has 0 spiro atoms. The minimum atomic E-state index is -1.17. The van der Waals surface area contributed by atoms with E-state index in [1.165, 1.54) is 19.1 Å². The van der Waals surface area contributed by atoms with Crippen molar-refractivity contribution in [2.45, 2.75) is 37.8 Å². The van der Waals surface area contributed by atoms with Gasteiger partial charge in [0.25, 0.3) is 11.8 Å². The van der Waals surface area contributed by atoms with Crippen molar-refractivity contribution in [2.75, 3.05) is 31.6 Å². The van der Waals surface area contributed by atoms with Crippen LogP contribution in [0.3, 0.4) is 0 Å². The quantitative estimate of drug-likeness (QED) is 0.352. The van der Waals surface area contributed by atoms with E-state index in [1.807, 2.05) is 0 Å². The lowest BCUT2D eigenvalue weighted by molar-refractivity contribution is -0.123. The van der Waals surface area contributed by atoms with Gasteiger partial charge in [0, 0.05) is 17.8 Å². The molecule has 2 aliphatic rings. The van der Waals surface area contributed by atoms with Crippen molar-refractivity contribution >= 4 is 40.6 Å². The fourth-order valence-electron chi connectivity index (χ4n) is 4.95. The Hall–Kier alpha value is -4.52. The second-order valence-electron chi connectivity index (χ2n) is 9.36. The van der Waals surface area contributed by atoms with Crippen molar-refractivity contribution in [1.82, 2.24) is 9.69 Å². The molecule has 0 radical (unpaired) electrons. The van der Waals surface area contributed by atoms with Crippen LogP contribution in [0.1, 0.15) is 57.4 Å². The Morgan fingerprint density at radius 2 is 1.77 bits per heavy atom. The SMILES string of the molecule is COc1ccc([C@@H](C(=O)NC2CCCC2)N(C(=O)c2snc(C(N)=O)c2N)c2ccc3c(c2)OCO3)cc1OC. The maximum atomic E-state index is 14.3. The van der Waals surface area contributed by atoms with E-state index >= 15 is 0 Å². The van der Waals surface area contributed by atoms with Crippen LogP contribution < -0.4 is 40.6 Å². The average Bonchev–Trinajstić information content (AvgIpc) is 3.71. The first-order chi connectivity index (χ1) is 19.3. The van der Waals surface area contributed by atoms with Crippen LogP contribution in [0, 0.1) is 0 Å². The Labute approximate surface area is 234 Å². The van der Waals surface area contributed by atoms with Gasteiger partial charge in [-0.05, 0) is 54.2 Å². The summed E-state index contributed by atoms with van der Waals surface area (Å²) in [5, 5.41) is 3.11. The molecule has 1 aromatic heterocycles. The van der Waals surface area contributed by atoms with Crippen molar-refractivity contribution in [3.8, 4) is 23.0 Å². The third kappa shape index (κ3) is 5.07. The fourth-order valence-corrected chi connectivity index (χ4v) is 5.69. The summed E-state index contributed by atoms with van der Waals surface area (Å²) in [6.07, 6.45) is 3.69. The number of rotatable bonds is 9. The van der Waals surface area contributed by atoms with Gasteiger partial charge in [-0.3, -0.25) is 19.3 Å². The smallest absolute Gasteiger partial charge is 0.273 e. The van der Waals surface area contributed by atoms with E-state index in [9.17, 15) is 14.4 Å². The lowest BCUT2D eigenvalue weighted by atomic mass is 10.0. The number of carbonyl (C=O) groups excluding carboxylic acids is 3. The van der Waals surface area contributed by atoms with Crippen LogP contribution in [0.25, 0.3) is 0 Å². The number of ether oxygens (including phenoxy) is 4. The van der Waals surface area contributed by atoms with Gasteiger partial charge in [-0.25, -0.2) is 0 Å². The highest BCUT2D eigenvalue weighted by molar-refractivity contribution is 7.09. The van der Waals surface area contributed by atoms with Gasteiger partial charge in [0.2, 0.25) is 12.7 Å². The minimum Gasteiger partial charge on any atom is -0.493 e. The van der Waals surface area contributed by atoms with Gasteiger partial charge in [0.05, 0.1) is 19.9 Å². The van der Waals surface area contributed by atoms with E-state index < -0.39 is 23.8 Å². The van der Waals surface area contributed by atoms with Gasteiger partial charge < -0.3 is 35.7 Å². The third-order valence-electron chi connectivity index (χ3n) is 6.94. The lowest BCUT2D eigenvalue weighted by Gasteiger charge is -2.32. The van der Waals surface area contributed by atoms with E-state index in [0.717, 1.165) is 37.2 Å². The van der Waals surface area contributed by atoms with Gasteiger partial charge in [0.1, 0.15) is 10.9 Å². The Kier molecular flexibility index (Phi) is 7.65. The summed E-state index contributed by atoms with van der Waals surface area (Å²) in [5.74, 6) is -0.163. The van der Waals surface area contributed by atoms with Crippen LogP contribution in [0.5, 0.6) is 23.0 Å². The van der Waals surface area contributed by atoms with E-state index in [1.54, 1.807) is 36.4 Å². The summed E-state index contributed by atoms with van der Waals surface area (Å²) in [4.78, 5) is 41.5. The molecule has 3 aromatic rings. The van der Waals surface area contributed by atoms with Crippen LogP contribution in [0.4, 0.5) is 11.4 Å². The molecule has 5 rings (SSSR count). The molecular formula is C27H29N5O7S. The van der Waals surface area contributed by atoms with Crippen molar-refractivity contribution in [3.05, 3.63) is 52.5 Å². The summed E-state index contributed by atoms with van der Waals surface area (Å²) < 4.78 is 25.9. The predicted molar refractivity (Wildman–Crippen MR) is 147 cm³/mol. The first-order valence-electron chi connectivity index (χ1n) is 12.6. The molecule has 12 nitrogen and oxygen atoms in total. The number of methoxy groups -OCH3 is 2. The minimum absolute atomic E-state index is 0.0256. The molecule has 0 bridgehead atoms. The Morgan fingerprint density at radius 1 is 1.05 bits per heavy atom. The van der Waals surface area contributed by atoms with Gasteiger partial charge in [-0.2, -0.15) is 4.37 Å². The number of hydrogen-bond acceptors (Lipinski definition) is 10. The molecule has 40 heavy (non-hydrogen) atoms. The lowest BCUT2D eigenvalue weighted by Crippen LogP contribution is -2.46. The van der Waals surface area contributed by atoms with Gasteiger partial charge in [0.15, 0.2) is 28.7 Å². The van der Waals surface area contributed by atoms with E-state index in [4.69, 9.17) is 30.4 Å². The molecule has 1 aliphatic carbocycles. The van der Waals surface area contributed by atoms with Crippen LogP contribution in [0.2, 0.25) is 0 Å². The molecule has 2 aromatic carbocycles. The van der Waals surface area contributed by atoms with Gasteiger partial charge >= 0.3 is 0 Å². The van der Waals surface area contributed by atoms with Crippen LogP contribution >= 0.6 is 11.5 Å². The number of nitrogens with two attached hydrogens (primary N) is 2. The van der Waals surface area contributed by atoms with Gasteiger partial charge in [-0.1, -0.05) is 18.9 Å². The molecular weight excluding hydrogens is 538 g/mol. The highest BCUT2D eigenvalue weighted by atomic mass is 32.1. The van der Waals surface area contributed by atoms with Crippen molar-refractivity contribution in [2.24, 2.45) is 5.73 Å². The normalized spacial score (nSPS) is 14.9. The zero-order chi connectivity index (χ0) is 28.4. The summed E-state index contributed by atoms with van der Waals surface area (Å²) >= 11 is 0.733. The molecule has 5 N–H and O–H groups in total. The average molecular weight is 568 g/mol. The summed E-state index contributed by atoms with van der Waals surface area (Å²) in [6.45, 7) is 0.0256. The molecule has 0 unspecified atom stereocenters. The second kappa shape index (κ2) is 11.3. The highest BCUT2D eigenvalue weighted by Crippen LogP contribution is 2.41. The topological polar surface area (TPSA) is 168 Å². The van der Waals surface area contributed by atoms with E-state index in [-0.39, 0.29) is 29.1 Å². The number of amides is 3.